The summed E-state index contributed by atoms with van der Waals surface area (Å²) in [5, 5.41) is 21.4. The van der Waals surface area contributed by atoms with Crippen molar-refractivity contribution in [3.8, 4) is 0 Å². The number of halogens is 4. The van der Waals surface area contributed by atoms with Crippen molar-refractivity contribution in [3.05, 3.63) is 141 Å². The second-order valence-electron chi connectivity index (χ2n) is 14.1. The maximum atomic E-state index is 15.2. The van der Waals surface area contributed by atoms with Crippen molar-refractivity contribution in [2.24, 2.45) is 22.1 Å². The molecule has 0 radical (unpaired) electrons. The van der Waals surface area contributed by atoms with Crippen LogP contribution in [-0.4, -0.2) is 76.4 Å². The molecule has 0 saturated carbocycles. The van der Waals surface area contributed by atoms with Crippen molar-refractivity contribution in [2.75, 3.05) is 22.2 Å². The van der Waals surface area contributed by atoms with Gasteiger partial charge in [0.1, 0.15) is 48.2 Å². The fourth-order valence-electron chi connectivity index (χ4n) is 7.36. The molecular formula is C40H40F3IN14O4. The first-order valence-electron chi connectivity index (χ1n) is 19.7. The number of fused-ring (bicyclic) bond motifs is 2. The maximum Gasteiger partial charge on any atom is 0.256 e. The van der Waals surface area contributed by atoms with Crippen molar-refractivity contribution < 1.29 is 33.6 Å². The smallest absolute Gasteiger partial charge is 0.256 e. The lowest BCUT2D eigenvalue weighted by atomic mass is 9.92. The number of nitrogens with one attached hydrogen (secondary N) is 2. The lowest BCUT2D eigenvalue weighted by molar-refractivity contribution is -0.0592. The Bertz CT molecular complexity index is 2470. The largest absolute Gasteiger partial charge is 0.356 e. The molecule has 62 heavy (non-hydrogen) atoms. The molecule has 2 amide bonds. The Morgan fingerprint density at radius 3 is 1.58 bits per heavy atom. The second-order valence-corrected chi connectivity index (χ2v) is 14.8. The fourth-order valence-corrected chi connectivity index (χ4v) is 8.39. The maximum absolute atomic E-state index is 15.2. The van der Waals surface area contributed by atoms with Crippen LogP contribution in [0.4, 0.5) is 24.8 Å². The van der Waals surface area contributed by atoms with Gasteiger partial charge in [-0.05, 0) is 66.0 Å². The van der Waals surface area contributed by atoms with Crippen LogP contribution in [0.25, 0.3) is 31.9 Å². The SMILES string of the molecule is CC[C@@]1(N=[N+]=[N-])O[C@@H](c2ccc3c(NC(=O)c4ccccc4)ncnn23)[C@H](F)[C@@H]1C.C[C@H]1[C@@H](F)[C@H](c2ccc3c(NC(=O)c4ccccc4)ncnn23)O[C@@]1(CI)N=[N+]=[N-].[2H]CF. The van der Waals surface area contributed by atoms with Crippen molar-refractivity contribution in [2.45, 2.75) is 63.2 Å². The molecule has 2 N–H and O–H groups in total. The van der Waals surface area contributed by atoms with Crippen molar-refractivity contribution >= 4 is 57.1 Å². The number of hydrogen-bond donors (Lipinski definition) is 2. The number of rotatable bonds is 10. The van der Waals surface area contributed by atoms with E-state index in [-0.39, 0.29) is 11.8 Å². The number of carbonyl (C=O) groups is 2. The quantitative estimate of drug-likeness (QED) is 0.0440. The van der Waals surface area contributed by atoms with Crippen LogP contribution < -0.4 is 10.6 Å². The Morgan fingerprint density at radius 1 is 0.774 bits per heavy atom. The van der Waals surface area contributed by atoms with E-state index >= 15 is 8.78 Å². The number of amides is 2. The number of azide groups is 2. The van der Waals surface area contributed by atoms with Gasteiger partial charge in [-0.25, -0.2) is 27.8 Å². The highest BCUT2D eigenvalue weighted by Gasteiger charge is 2.54. The summed E-state index contributed by atoms with van der Waals surface area (Å²) in [5.74, 6) is -1.32. The van der Waals surface area contributed by atoms with Crippen LogP contribution in [0, 0.1) is 11.8 Å². The van der Waals surface area contributed by atoms with E-state index in [1.807, 2.05) is 34.7 Å². The van der Waals surface area contributed by atoms with E-state index in [9.17, 15) is 14.0 Å². The Labute approximate surface area is 367 Å². The Hall–Kier alpha value is -6.32. The topological polar surface area (TPSA) is 235 Å². The molecule has 0 spiro atoms. The summed E-state index contributed by atoms with van der Waals surface area (Å²) in [5.41, 5.74) is 18.2. The molecule has 2 aliphatic heterocycles. The van der Waals surface area contributed by atoms with Crippen LogP contribution >= 0.6 is 22.6 Å². The molecule has 2 fully saturated rings. The zero-order chi connectivity index (χ0) is 45.3. The number of anilines is 2. The van der Waals surface area contributed by atoms with Crippen LogP contribution in [0.2, 0.25) is 0 Å². The first kappa shape index (κ1) is 43.8. The van der Waals surface area contributed by atoms with Crippen molar-refractivity contribution in [1.82, 2.24) is 29.2 Å². The molecule has 2 aliphatic rings. The molecule has 22 heteroatoms. The lowest BCUT2D eigenvalue weighted by Crippen LogP contribution is -2.34. The van der Waals surface area contributed by atoms with E-state index < -0.39 is 55.0 Å². The standard InChI is InChI=1S/C20H20FN7O2.C19H17FIN7O2.CH3F/c1-3-20(26-27-22)12(2)16(21)17(30-20)14-9-10-15-18(23-11-24-28(14)15)25-19(29)13-7-5-4-6-8-13;1-11-15(20)16(30-19(11,9-21)26-27-22)13-7-8-14-17(23-10-24-28(13)14)25-18(29)12-5-3-2-4-6-12;1-2/h4-12,16-17H,3H2,1-2H3,(H,23,24,25,29);2-8,10-11,15-16H,9H2,1H3,(H,23,24,25,29);1H3/t12-,16+,17-,20+;11-,15+,16-,19+;/m00./s1/i;;1D. The summed E-state index contributed by atoms with van der Waals surface area (Å²) in [6.07, 6.45) is -1.85. The molecule has 8 atom stereocenters. The minimum Gasteiger partial charge on any atom is -0.356 e. The van der Waals surface area contributed by atoms with Gasteiger partial charge in [-0.15, -0.1) is 0 Å². The van der Waals surface area contributed by atoms with Gasteiger partial charge in [0.25, 0.3) is 11.8 Å². The van der Waals surface area contributed by atoms with Crippen LogP contribution in [0.1, 0.15) is 72.9 Å². The fraction of sp³-hybridized carbons (Fsp3) is 0.350. The summed E-state index contributed by atoms with van der Waals surface area (Å²) >= 11 is 2.02. The first-order valence-corrected chi connectivity index (χ1v) is 20.5. The summed E-state index contributed by atoms with van der Waals surface area (Å²) in [6.45, 7) is 5.11. The van der Waals surface area contributed by atoms with Gasteiger partial charge < -0.3 is 20.1 Å². The third-order valence-electron chi connectivity index (χ3n) is 10.8. The Balaban J connectivity index is 0.000000198. The Morgan fingerprint density at radius 2 is 1.18 bits per heavy atom. The van der Waals surface area contributed by atoms with Crippen molar-refractivity contribution in [3.63, 3.8) is 0 Å². The lowest BCUT2D eigenvalue weighted by Gasteiger charge is -2.25. The van der Waals surface area contributed by atoms with Gasteiger partial charge in [-0.1, -0.05) is 90.0 Å². The summed E-state index contributed by atoms with van der Waals surface area (Å²) in [6, 6.07) is 24.2. The highest BCUT2D eigenvalue weighted by molar-refractivity contribution is 14.1. The number of hydrogen-bond acceptors (Lipinski definition) is 10. The van der Waals surface area contributed by atoms with Crippen LogP contribution in [0.15, 0.2) is 108 Å². The molecule has 6 heterocycles. The van der Waals surface area contributed by atoms with Gasteiger partial charge in [-0.2, -0.15) is 10.2 Å². The molecule has 0 unspecified atom stereocenters. The highest BCUT2D eigenvalue weighted by atomic mass is 127. The minimum absolute atomic E-state index is 0.293. The third-order valence-corrected chi connectivity index (χ3v) is 11.9. The van der Waals surface area contributed by atoms with E-state index in [0.717, 1.165) is 0 Å². The molecule has 8 rings (SSSR count). The molecule has 0 bridgehead atoms. The zero-order valence-electron chi connectivity index (χ0n) is 34.3. The molecule has 0 aliphatic carbocycles. The number of nitrogens with zero attached hydrogens (tertiary/aromatic N) is 12. The number of ether oxygens (including phenoxy) is 2. The summed E-state index contributed by atoms with van der Waals surface area (Å²) < 4.78 is 61.0. The summed E-state index contributed by atoms with van der Waals surface area (Å²) in [4.78, 5) is 39.0. The van der Waals surface area contributed by atoms with Crippen LogP contribution in [0.5, 0.6) is 0 Å². The van der Waals surface area contributed by atoms with Crippen molar-refractivity contribution in [1.29, 1.82) is 0 Å². The number of alkyl halides is 4. The first-order chi connectivity index (χ1) is 30.4. The van der Waals surface area contributed by atoms with Crippen LogP contribution in [-0.2, 0) is 9.47 Å². The second kappa shape index (κ2) is 19.6. The molecule has 4 aromatic heterocycles. The van der Waals surface area contributed by atoms with E-state index in [4.69, 9.17) is 21.9 Å². The van der Waals surface area contributed by atoms with Gasteiger partial charge >= 0.3 is 0 Å². The number of carbonyl (C=O) groups excluding carboxylic acids is 2. The molecule has 2 saturated heterocycles. The Kier molecular flexibility index (Phi) is 13.8. The predicted molar refractivity (Wildman–Crippen MR) is 231 cm³/mol. The van der Waals surface area contributed by atoms with E-state index in [1.165, 1.54) is 21.7 Å². The van der Waals surface area contributed by atoms with Gasteiger partial charge in [0.2, 0.25) is 0 Å². The molecule has 6 aromatic rings. The summed E-state index contributed by atoms with van der Waals surface area (Å²) in [7, 11) is -1.00. The zero-order valence-corrected chi connectivity index (χ0v) is 35.5. The van der Waals surface area contributed by atoms with Gasteiger partial charge in [0, 0.05) is 37.2 Å². The molecule has 2 aromatic carbocycles. The minimum atomic E-state index is -1.40. The van der Waals surface area contributed by atoms with E-state index in [1.54, 1.807) is 93.6 Å². The third kappa shape index (κ3) is 8.59. The number of benzene rings is 2. The van der Waals surface area contributed by atoms with E-state index in [2.05, 4.69) is 50.9 Å². The predicted octanol–water partition coefficient (Wildman–Crippen LogP) is 9.50. The molecule has 18 nitrogen and oxygen atoms in total. The normalized spacial score (nSPS) is 25.2. The van der Waals surface area contributed by atoms with E-state index in [0.29, 0.717) is 56.0 Å². The van der Waals surface area contributed by atoms with Crippen LogP contribution in [0.3, 0.4) is 0 Å². The van der Waals surface area contributed by atoms with Gasteiger partial charge in [0.05, 0.1) is 19.9 Å². The molecule has 322 valence electrons. The average Bonchev–Trinajstić information content (AvgIpc) is 4.06. The molecular weight excluding hydrogens is 924 g/mol. The highest BCUT2D eigenvalue weighted by Crippen LogP contribution is 2.49. The van der Waals surface area contributed by atoms with Gasteiger partial charge in [-0.3, -0.25) is 14.0 Å². The number of aromatic nitrogens is 6. The monoisotopic (exact) mass is 965 g/mol. The van der Waals surface area contributed by atoms with Gasteiger partial charge in [0.15, 0.2) is 23.1 Å². The average molecular weight is 966 g/mol.